The number of urea groups is 1. The number of nitrogens with two attached hydrogens (primary N) is 1. The minimum absolute atomic E-state index is 0.210. The lowest BCUT2D eigenvalue weighted by molar-refractivity contribution is -0.125. The fraction of sp³-hybridized carbons (Fsp3) is 0.333. The number of rotatable bonds is 4. The van der Waals surface area contributed by atoms with Gasteiger partial charge in [0.2, 0.25) is 5.91 Å². The molecule has 1 rings (SSSR count). The van der Waals surface area contributed by atoms with Crippen LogP contribution < -0.4 is 11.1 Å². The second-order valence-corrected chi connectivity index (χ2v) is 4.18. The molecular weight excluding hydrogens is 254 g/mol. The quantitative estimate of drug-likeness (QED) is 0.867. The summed E-state index contributed by atoms with van der Waals surface area (Å²) in [5.41, 5.74) is 6.25. The summed E-state index contributed by atoms with van der Waals surface area (Å²) in [4.78, 5) is 24.0. The van der Waals surface area contributed by atoms with Gasteiger partial charge in [-0.25, -0.2) is 4.79 Å². The van der Waals surface area contributed by atoms with E-state index >= 15 is 0 Å². The lowest BCUT2D eigenvalue weighted by Gasteiger charge is -2.18. The van der Waals surface area contributed by atoms with E-state index in [1.54, 1.807) is 12.1 Å². The van der Waals surface area contributed by atoms with Crippen LogP contribution in [0.5, 0.6) is 0 Å². The molecule has 0 unspecified atom stereocenters. The summed E-state index contributed by atoms with van der Waals surface area (Å²) in [6, 6.07) is 6.66. The first-order valence-electron chi connectivity index (χ1n) is 5.55. The van der Waals surface area contributed by atoms with Gasteiger partial charge in [-0.15, -0.1) is 0 Å². The summed E-state index contributed by atoms with van der Waals surface area (Å²) in [5.74, 6) is -0.325. The maximum atomic E-state index is 11.7. The van der Waals surface area contributed by atoms with E-state index in [0.717, 1.165) is 10.5 Å². The standard InChI is InChI=1S/C12H16ClN3O2/c1-9(17)16(7-6-14)12(18)15-8-10-2-4-11(13)5-3-10/h2-5H,6-8,14H2,1H3,(H,15,18). The number of nitrogens with one attached hydrogen (secondary N) is 1. The molecule has 0 heterocycles. The highest BCUT2D eigenvalue weighted by Crippen LogP contribution is 2.09. The Hall–Kier alpha value is -1.59. The minimum Gasteiger partial charge on any atom is -0.334 e. The first-order valence-corrected chi connectivity index (χ1v) is 5.93. The minimum atomic E-state index is -0.442. The molecule has 0 fully saturated rings. The zero-order valence-corrected chi connectivity index (χ0v) is 10.9. The van der Waals surface area contributed by atoms with E-state index < -0.39 is 6.03 Å². The van der Waals surface area contributed by atoms with Crippen molar-refractivity contribution >= 4 is 23.5 Å². The van der Waals surface area contributed by atoms with Crippen molar-refractivity contribution in [1.82, 2.24) is 10.2 Å². The molecule has 0 bridgehead atoms. The molecule has 0 saturated heterocycles. The van der Waals surface area contributed by atoms with Crippen LogP contribution in [0, 0.1) is 0 Å². The van der Waals surface area contributed by atoms with Gasteiger partial charge in [-0.05, 0) is 17.7 Å². The van der Waals surface area contributed by atoms with Crippen LogP contribution in [0.3, 0.4) is 0 Å². The molecule has 0 saturated carbocycles. The van der Waals surface area contributed by atoms with E-state index in [4.69, 9.17) is 17.3 Å². The second-order valence-electron chi connectivity index (χ2n) is 3.74. The molecule has 0 radical (unpaired) electrons. The van der Waals surface area contributed by atoms with Crippen LogP contribution in [-0.2, 0) is 11.3 Å². The molecule has 0 atom stereocenters. The maximum absolute atomic E-state index is 11.7. The number of nitrogens with zero attached hydrogens (tertiary/aromatic N) is 1. The van der Waals surface area contributed by atoms with Gasteiger partial charge in [0.05, 0.1) is 0 Å². The third-order valence-electron chi connectivity index (χ3n) is 2.33. The number of imide groups is 1. The number of hydrogen-bond acceptors (Lipinski definition) is 3. The summed E-state index contributed by atoms with van der Waals surface area (Å²) in [7, 11) is 0. The molecule has 18 heavy (non-hydrogen) atoms. The van der Waals surface area contributed by atoms with E-state index in [0.29, 0.717) is 11.6 Å². The fourth-order valence-electron chi connectivity index (χ4n) is 1.41. The molecule has 1 aromatic rings. The first kappa shape index (κ1) is 14.5. The first-order chi connectivity index (χ1) is 8.54. The topological polar surface area (TPSA) is 75.4 Å². The predicted molar refractivity (Wildman–Crippen MR) is 70.1 cm³/mol. The van der Waals surface area contributed by atoms with Gasteiger partial charge in [0.15, 0.2) is 0 Å². The lowest BCUT2D eigenvalue weighted by atomic mass is 10.2. The van der Waals surface area contributed by atoms with Crippen LogP contribution in [0.4, 0.5) is 4.79 Å². The Morgan fingerprint density at radius 3 is 2.44 bits per heavy atom. The third kappa shape index (κ3) is 4.35. The molecule has 1 aromatic carbocycles. The SMILES string of the molecule is CC(=O)N(CCN)C(=O)NCc1ccc(Cl)cc1. The second kappa shape index (κ2) is 6.98. The van der Waals surface area contributed by atoms with Crippen molar-refractivity contribution in [2.75, 3.05) is 13.1 Å². The number of amides is 3. The van der Waals surface area contributed by atoms with Gasteiger partial charge in [0, 0.05) is 31.6 Å². The van der Waals surface area contributed by atoms with Gasteiger partial charge in [0.1, 0.15) is 0 Å². The van der Waals surface area contributed by atoms with Gasteiger partial charge in [0.25, 0.3) is 0 Å². The Morgan fingerprint density at radius 1 is 1.33 bits per heavy atom. The van der Waals surface area contributed by atoms with E-state index in [2.05, 4.69) is 5.32 Å². The van der Waals surface area contributed by atoms with Crippen LogP contribution in [0.15, 0.2) is 24.3 Å². The average molecular weight is 270 g/mol. The van der Waals surface area contributed by atoms with Crippen molar-refractivity contribution in [3.05, 3.63) is 34.9 Å². The van der Waals surface area contributed by atoms with Crippen LogP contribution in [0.1, 0.15) is 12.5 Å². The van der Waals surface area contributed by atoms with Crippen molar-refractivity contribution in [3.63, 3.8) is 0 Å². The van der Waals surface area contributed by atoms with Crippen LogP contribution >= 0.6 is 11.6 Å². The molecule has 98 valence electrons. The Bertz CT molecular complexity index is 420. The molecule has 0 aliphatic rings. The molecular formula is C12H16ClN3O2. The van der Waals surface area contributed by atoms with Crippen molar-refractivity contribution in [3.8, 4) is 0 Å². The van der Waals surface area contributed by atoms with Gasteiger partial charge >= 0.3 is 6.03 Å². The van der Waals surface area contributed by atoms with Gasteiger partial charge in [-0.2, -0.15) is 0 Å². The van der Waals surface area contributed by atoms with Crippen molar-refractivity contribution in [2.45, 2.75) is 13.5 Å². The average Bonchev–Trinajstić information content (AvgIpc) is 2.34. The zero-order chi connectivity index (χ0) is 13.5. The molecule has 0 aliphatic carbocycles. The number of carbonyl (C=O) groups excluding carboxylic acids is 2. The zero-order valence-electron chi connectivity index (χ0n) is 10.1. The summed E-state index contributed by atoms with van der Waals surface area (Å²) >= 11 is 5.75. The highest BCUT2D eigenvalue weighted by molar-refractivity contribution is 6.30. The van der Waals surface area contributed by atoms with E-state index in [1.807, 2.05) is 12.1 Å². The monoisotopic (exact) mass is 269 g/mol. The Kier molecular flexibility index (Phi) is 5.61. The highest BCUT2D eigenvalue weighted by atomic mass is 35.5. The van der Waals surface area contributed by atoms with Crippen LogP contribution in [-0.4, -0.2) is 29.9 Å². The number of halogens is 1. The molecule has 0 aliphatic heterocycles. The smallest absolute Gasteiger partial charge is 0.324 e. The van der Waals surface area contributed by atoms with Crippen molar-refractivity contribution in [2.24, 2.45) is 5.73 Å². The van der Waals surface area contributed by atoms with Crippen LogP contribution in [0.2, 0.25) is 5.02 Å². The number of hydrogen-bond donors (Lipinski definition) is 2. The fourth-order valence-corrected chi connectivity index (χ4v) is 1.53. The van der Waals surface area contributed by atoms with Crippen molar-refractivity contribution in [1.29, 1.82) is 0 Å². The van der Waals surface area contributed by atoms with Crippen LogP contribution in [0.25, 0.3) is 0 Å². The Labute approximate surface area is 111 Å². The molecule has 0 spiro atoms. The lowest BCUT2D eigenvalue weighted by Crippen LogP contribution is -2.44. The summed E-state index contributed by atoms with van der Waals surface area (Å²) < 4.78 is 0. The largest absolute Gasteiger partial charge is 0.334 e. The summed E-state index contributed by atoms with van der Waals surface area (Å²) in [5, 5.41) is 3.29. The summed E-state index contributed by atoms with van der Waals surface area (Å²) in [6.45, 7) is 2.12. The maximum Gasteiger partial charge on any atom is 0.324 e. The van der Waals surface area contributed by atoms with E-state index in [-0.39, 0.29) is 19.0 Å². The predicted octanol–water partition coefficient (Wildman–Crippen LogP) is 1.36. The van der Waals surface area contributed by atoms with Gasteiger partial charge in [-0.3, -0.25) is 9.69 Å². The molecule has 5 nitrogen and oxygen atoms in total. The van der Waals surface area contributed by atoms with Crippen molar-refractivity contribution < 1.29 is 9.59 Å². The van der Waals surface area contributed by atoms with E-state index in [9.17, 15) is 9.59 Å². The van der Waals surface area contributed by atoms with E-state index in [1.165, 1.54) is 6.92 Å². The normalized spacial score (nSPS) is 9.94. The number of carbonyl (C=O) groups is 2. The third-order valence-corrected chi connectivity index (χ3v) is 2.59. The molecule has 3 amide bonds. The molecule has 3 N–H and O–H groups in total. The Morgan fingerprint density at radius 2 is 1.94 bits per heavy atom. The molecule has 6 heteroatoms. The molecule has 0 aromatic heterocycles. The Balaban J connectivity index is 2.53. The summed E-state index contributed by atoms with van der Waals surface area (Å²) in [6.07, 6.45) is 0. The van der Waals surface area contributed by atoms with Gasteiger partial charge in [-0.1, -0.05) is 23.7 Å². The number of benzene rings is 1. The highest BCUT2D eigenvalue weighted by Gasteiger charge is 2.16. The van der Waals surface area contributed by atoms with Gasteiger partial charge < -0.3 is 11.1 Å².